The Bertz CT molecular complexity index is 500. The molecular formula is C19H31NO3. The quantitative estimate of drug-likeness (QED) is 0.775. The van der Waals surface area contributed by atoms with E-state index in [1.54, 1.807) is 13.8 Å². The molecule has 1 rings (SSSR count). The zero-order valence-electron chi connectivity index (χ0n) is 15.3. The topological polar surface area (TPSA) is 61.5 Å². The molecule has 0 fully saturated rings. The summed E-state index contributed by atoms with van der Waals surface area (Å²) in [5, 5.41) is 0. The Kier molecular flexibility index (Phi) is 6.63. The van der Waals surface area contributed by atoms with Crippen LogP contribution in [0.25, 0.3) is 0 Å². The van der Waals surface area contributed by atoms with Gasteiger partial charge in [0, 0.05) is 6.04 Å². The lowest BCUT2D eigenvalue weighted by atomic mass is 10.0. The zero-order valence-corrected chi connectivity index (χ0v) is 15.3. The molecule has 0 heterocycles. The van der Waals surface area contributed by atoms with Crippen molar-refractivity contribution in [1.82, 2.24) is 0 Å². The van der Waals surface area contributed by atoms with Gasteiger partial charge >= 0.3 is 5.97 Å². The van der Waals surface area contributed by atoms with Crippen molar-refractivity contribution in [3.05, 3.63) is 29.8 Å². The Morgan fingerprint density at radius 2 is 1.70 bits per heavy atom. The summed E-state index contributed by atoms with van der Waals surface area (Å²) in [4.78, 5) is 12.2. The number of ether oxygens (including phenoxy) is 2. The smallest absolute Gasteiger partial charge is 0.350 e. The summed E-state index contributed by atoms with van der Waals surface area (Å²) in [6.45, 7) is 11.1. The van der Waals surface area contributed by atoms with Gasteiger partial charge in [-0.1, -0.05) is 25.5 Å². The highest BCUT2D eigenvalue weighted by Gasteiger charge is 2.34. The van der Waals surface area contributed by atoms with Crippen LogP contribution in [0.15, 0.2) is 24.3 Å². The molecule has 0 aromatic heterocycles. The Morgan fingerprint density at radius 3 is 2.17 bits per heavy atom. The maximum absolute atomic E-state index is 12.2. The van der Waals surface area contributed by atoms with Gasteiger partial charge in [0.1, 0.15) is 11.4 Å². The van der Waals surface area contributed by atoms with Crippen LogP contribution in [0.1, 0.15) is 59.9 Å². The van der Waals surface area contributed by atoms with Crippen LogP contribution in [0.5, 0.6) is 5.75 Å². The van der Waals surface area contributed by atoms with E-state index in [4.69, 9.17) is 15.2 Å². The Labute approximate surface area is 140 Å². The molecule has 23 heavy (non-hydrogen) atoms. The third-order valence-electron chi connectivity index (χ3n) is 3.34. The molecule has 1 aromatic rings. The molecule has 0 spiro atoms. The van der Waals surface area contributed by atoms with E-state index < -0.39 is 11.2 Å². The van der Waals surface area contributed by atoms with Crippen molar-refractivity contribution < 1.29 is 14.3 Å². The summed E-state index contributed by atoms with van der Waals surface area (Å²) in [6, 6.07) is 7.93. The van der Waals surface area contributed by atoms with Crippen LogP contribution in [0.2, 0.25) is 0 Å². The highest BCUT2D eigenvalue weighted by atomic mass is 16.6. The first-order valence-electron chi connectivity index (χ1n) is 8.30. The first-order valence-corrected chi connectivity index (χ1v) is 8.30. The van der Waals surface area contributed by atoms with Crippen LogP contribution in [-0.2, 0) is 16.0 Å². The summed E-state index contributed by atoms with van der Waals surface area (Å²) < 4.78 is 11.2. The second-order valence-electron chi connectivity index (χ2n) is 7.51. The van der Waals surface area contributed by atoms with Gasteiger partial charge in [0.05, 0.1) is 0 Å². The van der Waals surface area contributed by atoms with Gasteiger partial charge in [0.2, 0.25) is 0 Å². The predicted molar refractivity (Wildman–Crippen MR) is 93.6 cm³/mol. The van der Waals surface area contributed by atoms with Crippen LogP contribution in [-0.4, -0.2) is 23.2 Å². The Balaban J connectivity index is 2.68. The van der Waals surface area contributed by atoms with E-state index in [1.807, 2.05) is 45.0 Å². The second-order valence-corrected chi connectivity index (χ2v) is 7.51. The molecule has 1 aromatic carbocycles. The molecule has 0 aliphatic rings. The van der Waals surface area contributed by atoms with E-state index in [9.17, 15) is 4.79 Å². The first kappa shape index (κ1) is 19.5. The van der Waals surface area contributed by atoms with Crippen LogP contribution in [0, 0.1) is 0 Å². The zero-order chi connectivity index (χ0) is 17.7. The molecule has 0 saturated heterocycles. The van der Waals surface area contributed by atoms with Gasteiger partial charge in [0.25, 0.3) is 0 Å². The van der Waals surface area contributed by atoms with E-state index in [-0.39, 0.29) is 12.0 Å². The van der Waals surface area contributed by atoms with Crippen LogP contribution < -0.4 is 10.5 Å². The maximum atomic E-state index is 12.2. The van der Waals surface area contributed by atoms with Gasteiger partial charge in [0.15, 0.2) is 5.60 Å². The molecule has 1 atom stereocenters. The highest BCUT2D eigenvalue weighted by molar-refractivity contribution is 5.79. The summed E-state index contributed by atoms with van der Waals surface area (Å²) in [5.74, 6) is 0.271. The Morgan fingerprint density at radius 1 is 1.13 bits per heavy atom. The molecule has 0 bridgehead atoms. The number of carbonyl (C=O) groups is 1. The van der Waals surface area contributed by atoms with Gasteiger partial charge in [-0.3, -0.25) is 0 Å². The number of carbonyl (C=O) groups excluding carboxylic acids is 1. The van der Waals surface area contributed by atoms with Crippen molar-refractivity contribution in [2.45, 2.75) is 78.0 Å². The maximum Gasteiger partial charge on any atom is 0.350 e. The van der Waals surface area contributed by atoms with Crippen molar-refractivity contribution in [2.75, 3.05) is 0 Å². The lowest BCUT2D eigenvalue weighted by Gasteiger charge is -2.29. The number of rotatable bonds is 7. The van der Waals surface area contributed by atoms with Gasteiger partial charge in [-0.05, 0) is 65.2 Å². The third kappa shape index (κ3) is 7.04. The number of hydrogen-bond donors (Lipinski definition) is 1. The first-order chi connectivity index (χ1) is 10.5. The van der Waals surface area contributed by atoms with Gasteiger partial charge in [-0.15, -0.1) is 0 Å². The van der Waals surface area contributed by atoms with Crippen LogP contribution >= 0.6 is 0 Å². The fourth-order valence-electron chi connectivity index (χ4n) is 2.21. The molecule has 4 nitrogen and oxygen atoms in total. The molecule has 0 aliphatic carbocycles. The molecule has 0 saturated carbocycles. The van der Waals surface area contributed by atoms with Crippen LogP contribution in [0.4, 0.5) is 0 Å². The molecule has 1 unspecified atom stereocenters. The minimum Gasteiger partial charge on any atom is -0.476 e. The minimum atomic E-state index is -1.03. The number of hydrogen-bond acceptors (Lipinski definition) is 4. The van der Waals surface area contributed by atoms with E-state index in [0.717, 1.165) is 19.3 Å². The van der Waals surface area contributed by atoms with E-state index in [2.05, 4.69) is 6.92 Å². The predicted octanol–water partition coefficient (Wildman–Crippen LogP) is 3.86. The van der Waals surface area contributed by atoms with Gasteiger partial charge in [-0.25, -0.2) is 4.79 Å². The third-order valence-corrected chi connectivity index (χ3v) is 3.34. The Hall–Kier alpha value is -1.55. The largest absolute Gasteiger partial charge is 0.476 e. The normalized spacial score (nSPS) is 13.5. The van der Waals surface area contributed by atoms with E-state index >= 15 is 0 Å². The summed E-state index contributed by atoms with van der Waals surface area (Å²) in [5.41, 5.74) is 5.67. The highest BCUT2D eigenvalue weighted by Crippen LogP contribution is 2.22. The molecule has 130 valence electrons. The summed E-state index contributed by atoms with van der Waals surface area (Å²) in [6.07, 6.45) is 2.96. The second kappa shape index (κ2) is 7.82. The number of nitrogens with two attached hydrogens (primary N) is 1. The van der Waals surface area contributed by atoms with E-state index in [1.165, 1.54) is 5.56 Å². The number of benzene rings is 1. The summed E-state index contributed by atoms with van der Waals surface area (Å²) >= 11 is 0. The summed E-state index contributed by atoms with van der Waals surface area (Å²) in [7, 11) is 0. The molecule has 0 radical (unpaired) electrons. The SMILES string of the molecule is CCCC(N)Cc1ccc(OC(C)(C)C(=O)OC(C)(C)C)cc1. The molecule has 2 N–H and O–H groups in total. The lowest BCUT2D eigenvalue weighted by molar-refractivity contribution is -0.170. The average Bonchev–Trinajstić information content (AvgIpc) is 2.39. The van der Waals surface area contributed by atoms with Crippen molar-refractivity contribution in [2.24, 2.45) is 5.73 Å². The lowest BCUT2D eigenvalue weighted by Crippen LogP contribution is -2.43. The van der Waals surface area contributed by atoms with Crippen molar-refractivity contribution in [3.8, 4) is 5.75 Å². The minimum absolute atomic E-state index is 0.185. The van der Waals surface area contributed by atoms with Crippen molar-refractivity contribution in [1.29, 1.82) is 0 Å². The molecule has 0 aliphatic heterocycles. The van der Waals surface area contributed by atoms with Gasteiger partial charge < -0.3 is 15.2 Å². The molecular weight excluding hydrogens is 290 g/mol. The average molecular weight is 321 g/mol. The standard InChI is InChI=1S/C19H31NO3/c1-7-8-15(20)13-14-9-11-16(12-10-14)22-19(5,6)17(21)23-18(2,3)4/h9-12,15H,7-8,13,20H2,1-6H3. The fourth-order valence-corrected chi connectivity index (χ4v) is 2.21. The molecule has 0 amide bonds. The van der Waals surface area contributed by atoms with Crippen LogP contribution in [0.3, 0.4) is 0 Å². The van der Waals surface area contributed by atoms with E-state index in [0.29, 0.717) is 5.75 Å². The van der Waals surface area contributed by atoms with Crippen molar-refractivity contribution >= 4 is 5.97 Å². The molecule has 4 heteroatoms. The number of esters is 1. The fraction of sp³-hybridized carbons (Fsp3) is 0.632. The van der Waals surface area contributed by atoms with Crippen molar-refractivity contribution in [3.63, 3.8) is 0 Å². The monoisotopic (exact) mass is 321 g/mol. The van der Waals surface area contributed by atoms with Gasteiger partial charge in [-0.2, -0.15) is 0 Å².